The number of hydrogen-bond acceptors (Lipinski definition) is 3. The lowest BCUT2D eigenvalue weighted by Gasteiger charge is -2.14. The van der Waals surface area contributed by atoms with Crippen LogP contribution in [0.2, 0.25) is 0 Å². The number of rotatable bonds is 4. The van der Waals surface area contributed by atoms with Crippen molar-refractivity contribution in [2.24, 2.45) is 0 Å². The van der Waals surface area contributed by atoms with Gasteiger partial charge in [-0.3, -0.25) is 4.79 Å². The number of para-hydroxylation sites is 1. The van der Waals surface area contributed by atoms with Crippen LogP contribution in [0.15, 0.2) is 83.3 Å². The van der Waals surface area contributed by atoms with Crippen molar-refractivity contribution >= 4 is 44.1 Å². The molecule has 0 unspecified atom stereocenters. The minimum atomic E-state index is -0.155. The number of pyridine rings is 1. The molecule has 0 saturated heterocycles. The Morgan fingerprint density at radius 2 is 1.69 bits per heavy atom. The molecule has 4 nitrogen and oxygen atoms in total. The van der Waals surface area contributed by atoms with Crippen LogP contribution in [-0.4, -0.2) is 25.0 Å². The monoisotopic (exact) mass is 445 g/mol. The van der Waals surface area contributed by atoms with E-state index in [2.05, 4.69) is 21.2 Å². The molecular formula is C24H20BrN3O. The van der Waals surface area contributed by atoms with E-state index in [1.165, 1.54) is 0 Å². The van der Waals surface area contributed by atoms with Crippen molar-refractivity contribution in [3.8, 4) is 11.3 Å². The van der Waals surface area contributed by atoms with E-state index in [9.17, 15) is 4.79 Å². The zero-order valence-electron chi connectivity index (χ0n) is 16.2. The number of carbonyl (C=O) groups excluding carboxylic acids is 1. The lowest BCUT2D eigenvalue weighted by Crippen LogP contribution is -2.13. The van der Waals surface area contributed by atoms with Crippen molar-refractivity contribution in [1.29, 1.82) is 0 Å². The largest absolute Gasteiger partial charge is 0.378 e. The molecule has 1 amide bonds. The zero-order valence-corrected chi connectivity index (χ0v) is 17.8. The second-order valence-electron chi connectivity index (χ2n) is 6.98. The molecule has 5 heteroatoms. The third kappa shape index (κ3) is 4.15. The topological polar surface area (TPSA) is 45.2 Å². The fourth-order valence-electron chi connectivity index (χ4n) is 3.20. The number of anilines is 2. The van der Waals surface area contributed by atoms with E-state index in [0.717, 1.165) is 38.0 Å². The molecule has 3 aromatic carbocycles. The Balaban J connectivity index is 1.74. The number of benzene rings is 3. The van der Waals surface area contributed by atoms with Crippen molar-refractivity contribution in [3.63, 3.8) is 0 Å². The van der Waals surface area contributed by atoms with E-state index >= 15 is 0 Å². The van der Waals surface area contributed by atoms with Crippen molar-refractivity contribution in [2.45, 2.75) is 0 Å². The smallest absolute Gasteiger partial charge is 0.256 e. The summed E-state index contributed by atoms with van der Waals surface area (Å²) < 4.78 is 0.969. The summed E-state index contributed by atoms with van der Waals surface area (Å²) >= 11 is 3.51. The Kier molecular flexibility index (Phi) is 5.32. The first-order valence-corrected chi connectivity index (χ1v) is 10.0. The van der Waals surface area contributed by atoms with Gasteiger partial charge in [0.25, 0.3) is 5.91 Å². The molecule has 0 atom stereocenters. The molecule has 144 valence electrons. The van der Waals surface area contributed by atoms with Gasteiger partial charge in [0.2, 0.25) is 0 Å². The summed E-state index contributed by atoms with van der Waals surface area (Å²) in [4.78, 5) is 19.9. The number of nitrogens with one attached hydrogen (secondary N) is 1. The van der Waals surface area contributed by atoms with Crippen LogP contribution in [0.25, 0.3) is 22.2 Å². The van der Waals surface area contributed by atoms with Gasteiger partial charge in [-0.15, -0.1) is 0 Å². The van der Waals surface area contributed by atoms with Crippen LogP contribution in [-0.2, 0) is 0 Å². The summed E-state index contributed by atoms with van der Waals surface area (Å²) in [6, 6.07) is 25.3. The molecule has 29 heavy (non-hydrogen) atoms. The van der Waals surface area contributed by atoms with Crippen LogP contribution in [0.1, 0.15) is 10.4 Å². The second kappa shape index (κ2) is 8.05. The van der Waals surface area contributed by atoms with Crippen molar-refractivity contribution in [3.05, 3.63) is 88.9 Å². The number of nitrogens with zero attached hydrogens (tertiary/aromatic N) is 2. The quantitative estimate of drug-likeness (QED) is 0.419. The summed E-state index contributed by atoms with van der Waals surface area (Å²) in [6.07, 6.45) is 0. The number of carbonyl (C=O) groups is 1. The van der Waals surface area contributed by atoms with Crippen molar-refractivity contribution in [1.82, 2.24) is 4.98 Å². The molecule has 1 heterocycles. The van der Waals surface area contributed by atoms with Gasteiger partial charge in [0, 0.05) is 40.9 Å². The van der Waals surface area contributed by atoms with Crippen LogP contribution >= 0.6 is 15.9 Å². The summed E-state index contributed by atoms with van der Waals surface area (Å²) in [6.45, 7) is 0. The van der Waals surface area contributed by atoms with Gasteiger partial charge in [-0.05, 0) is 48.5 Å². The highest BCUT2D eigenvalue weighted by Gasteiger charge is 2.14. The fraction of sp³-hybridized carbons (Fsp3) is 0.0833. The van der Waals surface area contributed by atoms with Gasteiger partial charge in [0.15, 0.2) is 0 Å². The number of amides is 1. The normalized spacial score (nSPS) is 10.7. The highest BCUT2D eigenvalue weighted by atomic mass is 79.9. The first kappa shape index (κ1) is 19.2. The molecule has 0 fully saturated rings. The van der Waals surface area contributed by atoms with Crippen LogP contribution in [0, 0.1) is 0 Å². The third-order valence-corrected chi connectivity index (χ3v) is 5.22. The number of halogens is 1. The predicted molar refractivity (Wildman–Crippen MR) is 124 cm³/mol. The maximum Gasteiger partial charge on any atom is 0.256 e. The van der Waals surface area contributed by atoms with Crippen LogP contribution in [0.5, 0.6) is 0 Å². The molecule has 0 spiro atoms. The Morgan fingerprint density at radius 1 is 0.931 bits per heavy atom. The maximum absolute atomic E-state index is 13.1. The number of aromatic nitrogens is 1. The molecule has 4 rings (SSSR count). The van der Waals surface area contributed by atoms with Crippen molar-refractivity contribution in [2.75, 3.05) is 24.3 Å². The Labute approximate surface area is 178 Å². The SMILES string of the molecule is CN(C)c1ccc(NC(=O)c2cc(-c3cccc(Br)c3)nc3ccccc23)cc1. The average Bonchev–Trinajstić information content (AvgIpc) is 2.73. The molecule has 0 aliphatic rings. The molecular weight excluding hydrogens is 426 g/mol. The molecule has 0 aliphatic carbocycles. The van der Waals surface area contributed by atoms with Gasteiger partial charge in [0.1, 0.15) is 0 Å². The number of fused-ring (bicyclic) bond motifs is 1. The second-order valence-corrected chi connectivity index (χ2v) is 7.89. The van der Waals surface area contributed by atoms with Gasteiger partial charge in [-0.1, -0.05) is 46.3 Å². The molecule has 0 bridgehead atoms. The van der Waals surface area contributed by atoms with E-state index in [0.29, 0.717) is 5.56 Å². The van der Waals surface area contributed by atoms with E-state index in [1.807, 2.05) is 97.9 Å². The van der Waals surface area contributed by atoms with E-state index in [-0.39, 0.29) is 5.91 Å². The lowest BCUT2D eigenvalue weighted by molar-refractivity contribution is 0.102. The molecule has 0 aliphatic heterocycles. The predicted octanol–water partition coefficient (Wildman–Crippen LogP) is 5.98. The molecule has 1 N–H and O–H groups in total. The van der Waals surface area contributed by atoms with Crippen LogP contribution < -0.4 is 10.2 Å². The molecule has 4 aromatic rings. The lowest BCUT2D eigenvalue weighted by atomic mass is 10.0. The maximum atomic E-state index is 13.1. The van der Waals surface area contributed by atoms with Gasteiger partial charge < -0.3 is 10.2 Å². The molecule has 1 aromatic heterocycles. The van der Waals surface area contributed by atoms with Gasteiger partial charge in [-0.2, -0.15) is 0 Å². The standard InChI is InChI=1S/C24H20BrN3O/c1-28(2)19-12-10-18(11-13-19)26-24(29)21-15-23(16-6-5-7-17(25)14-16)27-22-9-4-3-8-20(21)22/h3-15H,1-2H3,(H,26,29). The van der Waals surface area contributed by atoms with Gasteiger partial charge in [-0.25, -0.2) is 4.98 Å². The average molecular weight is 446 g/mol. The summed E-state index contributed by atoms with van der Waals surface area (Å²) in [7, 11) is 3.97. The van der Waals surface area contributed by atoms with Crippen LogP contribution in [0.4, 0.5) is 11.4 Å². The fourth-order valence-corrected chi connectivity index (χ4v) is 3.60. The summed E-state index contributed by atoms with van der Waals surface area (Å²) in [5.74, 6) is -0.155. The van der Waals surface area contributed by atoms with Gasteiger partial charge in [0.05, 0.1) is 16.8 Å². The minimum absolute atomic E-state index is 0.155. The number of hydrogen-bond donors (Lipinski definition) is 1. The van der Waals surface area contributed by atoms with E-state index in [4.69, 9.17) is 4.98 Å². The molecule has 0 radical (unpaired) electrons. The summed E-state index contributed by atoms with van der Waals surface area (Å²) in [5, 5.41) is 3.84. The Bertz CT molecular complexity index is 1190. The third-order valence-electron chi connectivity index (χ3n) is 4.72. The Morgan fingerprint density at radius 3 is 2.41 bits per heavy atom. The van der Waals surface area contributed by atoms with Crippen molar-refractivity contribution < 1.29 is 4.79 Å². The van der Waals surface area contributed by atoms with Gasteiger partial charge >= 0.3 is 0 Å². The van der Waals surface area contributed by atoms with E-state index < -0.39 is 0 Å². The summed E-state index contributed by atoms with van der Waals surface area (Å²) in [5.41, 5.74) is 4.94. The first-order chi connectivity index (χ1) is 14.0. The molecule has 0 saturated carbocycles. The first-order valence-electron chi connectivity index (χ1n) is 9.26. The highest BCUT2D eigenvalue weighted by Crippen LogP contribution is 2.27. The minimum Gasteiger partial charge on any atom is -0.378 e. The van der Waals surface area contributed by atoms with Crippen LogP contribution in [0.3, 0.4) is 0 Å². The highest BCUT2D eigenvalue weighted by molar-refractivity contribution is 9.10. The zero-order chi connectivity index (χ0) is 20.4. The Hall–Kier alpha value is -3.18. The van der Waals surface area contributed by atoms with E-state index in [1.54, 1.807) is 0 Å².